The highest BCUT2D eigenvalue weighted by atomic mass is 32.2. The predicted molar refractivity (Wildman–Crippen MR) is 92.8 cm³/mol. The largest absolute Gasteiger partial charge is 0.477 e. The number of nitrogens with zero attached hydrogens (tertiary/aromatic N) is 3. The van der Waals surface area contributed by atoms with Gasteiger partial charge in [0.2, 0.25) is 0 Å². The van der Waals surface area contributed by atoms with Gasteiger partial charge in [-0.2, -0.15) is 13.2 Å². The number of hydrogen-bond acceptors (Lipinski definition) is 5. The van der Waals surface area contributed by atoms with Gasteiger partial charge in [-0.1, -0.05) is 0 Å². The Morgan fingerprint density at radius 3 is 2.46 bits per heavy atom. The number of carbonyl (C=O) groups excluding carboxylic acids is 2. The zero-order valence-electron chi connectivity index (χ0n) is 14.0. The van der Waals surface area contributed by atoms with E-state index in [-0.39, 0.29) is 41.1 Å². The van der Waals surface area contributed by atoms with Crippen molar-refractivity contribution in [1.29, 1.82) is 0 Å². The van der Waals surface area contributed by atoms with E-state index in [0.29, 0.717) is 5.56 Å². The molecule has 146 valence electrons. The summed E-state index contributed by atoms with van der Waals surface area (Å²) in [5, 5.41) is 8.97. The van der Waals surface area contributed by atoms with Crippen LogP contribution in [0, 0.1) is 0 Å². The molecule has 1 saturated heterocycles. The molecule has 1 aliphatic heterocycles. The van der Waals surface area contributed by atoms with Crippen LogP contribution < -0.4 is 4.90 Å². The fourth-order valence-corrected chi connectivity index (χ4v) is 3.17. The number of aromatic carboxylic acids is 1. The summed E-state index contributed by atoms with van der Waals surface area (Å²) in [6, 6.07) is 7.07. The van der Waals surface area contributed by atoms with Crippen molar-refractivity contribution < 1.29 is 32.7 Å². The smallest absolute Gasteiger partial charge is 0.446 e. The van der Waals surface area contributed by atoms with Crippen molar-refractivity contribution in [2.24, 2.45) is 0 Å². The maximum absolute atomic E-state index is 12.6. The molecule has 1 aromatic heterocycles. The zero-order chi connectivity index (χ0) is 20.5. The van der Waals surface area contributed by atoms with Crippen molar-refractivity contribution in [1.82, 2.24) is 9.88 Å². The molecular weight excluding hydrogens is 399 g/mol. The molecule has 11 heteroatoms. The Morgan fingerprint density at radius 2 is 1.86 bits per heavy atom. The molecule has 0 spiro atoms. The van der Waals surface area contributed by atoms with E-state index in [1.165, 1.54) is 47.5 Å². The van der Waals surface area contributed by atoms with Gasteiger partial charge in [-0.25, -0.2) is 19.5 Å². The van der Waals surface area contributed by atoms with Gasteiger partial charge >= 0.3 is 17.5 Å². The summed E-state index contributed by atoms with van der Waals surface area (Å²) in [7, 11) is 0. The highest BCUT2D eigenvalue weighted by Gasteiger charge is 2.37. The van der Waals surface area contributed by atoms with Crippen LogP contribution in [0.25, 0.3) is 0 Å². The molecule has 2 aromatic rings. The molecule has 2 heterocycles. The molecular formula is C17H12F3N3O4S. The van der Waals surface area contributed by atoms with Gasteiger partial charge in [-0.15, -0.1) is 0 Å². The number of carbonyl (C=O) groups is 3. The molecule has 0 bridgehead atoms. The number of halogens is 3. The van der Waals surface area contributed by atoms with Gasteiger partial charge in [0, 0.05) is 17.6 Å². The number of aromatic nitrogens is 1. The average molecular weight is 411 g/mol. The molecule has 28 heavy (non-hydrogen) atoms. The van der Waals surface area contributed by atoms with E-state index in [2.05, 4.69) is 4.98 Å². The van der Waals surface area contributed by atoms with Crippen molar-refractivity contribution >= 4 is 35.4 Å². The number of benzene rings is 1. The normalized spacial score (nSPS) is 14.7. The summed E-state index contributed by atoms with van der Waals surface area (Å²) >= 11 is -0.293. The lowest BCUT2D eigenvalue weighted by atomic mass is 10.2. The number of anilines is 1. The van der Waals surface area contributed by atoms with Crippen molar-refractivity contribution in [2.75, 3.05) is 11.4 Å². The minimum atomic E-state index is -4.43. The first-order valence-electron chi connectivity index (χ1n) is 7.80. The van der Waals surface area contributed by atoms with Crippen LogP contribution in [0.5, 0.6) is 0 Å². The minimum Gasteiger partial charge on any atom is -0.477 e. The molecule has 0 radical (unpaired) electrons. The van der Waals surface area contributed by atoms with Crippen LogP contribution in [0.4, 0.5) is 23.7 Å². The molecule has 0 aliphatic carbocycles. The summed E-state index contributed by atoms with van der Waals surface area (Å²) < 4.78 is 37.2. The van der Waals surface area contributed by atoms with Gasteiger partial charge in [-0.05, 0) is 53.7 Å². The molecule has 1 aliphatic rings. The number of carboxylic acid groups (broad SMARTS) is 1. The molecule has 1 aromatic carbocycles. The summed E-state index contributed by atoms with van der Waals surface area (Å²) in [6.07, 6.45) is 1.29. The van der Waals surface area contributed by atoms with Crippen LogP contribution in [-0.4, -0.2) is 45.0 Å². The monoisotopic (exact) mass is 411 g/mol. The Bertz CT molecular complexity index is 934. The third kappa shape index (κ3) is 4.42. The number of thioether (sulfide) groups is 1. The molecule has 0 atom stereocenters. The van der Waals surface area contributed by atoms with Crippen molar-refractivity contribution in [2.45, 2.75) is 16.9 Å². The number of amides is 3. The van der Waals surface area contributed by atoms with Crippen LogP contribution in [0.2, 0.25) is 0 Å². The first-order chi connectivity index (χ1) is 13.1. The highest BCUT2D eigenvalue weighted by Crippen LogP contribution is 2.37. The second-order valence-corrected chi connectivity index (χ2v) is 6.90. The lowest BCUT2D eigenvalue weighted by Crippen LogP contribution is -2.32. The Morgan fingerprint density at radius 1 is 1.18 bits per heavy atom. The van der Waals surface area contributed by atoms with E-state index in [9.17, 15) is 27.6 Å². The number of imide groups is 1. The second-order valence-electron chi connectivity index (χ2n) is 5.76. The third-order valence-corrected chi connectivity index (χ3v) is 4.52. The molecule has 3 rings (SSSR count). The maximum Gasteiger partial charge on any atom is 0.446 e. The van der Waals surface area contributed by atoms with Gasteiger partial charge in [0.05, 0.1) is 5.69 Å². The maximum atomic E-state index is 12.6. The minimum absolute atomic E-state index is 0.00805. The fraction of sp³-hybridized carbons (Fsp3) is 0.176. The van der Waals surface area contributed by atoms with Gasteiger partial charge in [-0.3, -0.25) is 4.79 Å². The summed E-state index contributed by atoms with van der Waals surface area (Å²) in [6.45, 7) is -0.242. The number of hydrogen-bond donors (Lipinski definition) is 1. The predicted octanol–water partition coefficient (Wildman–Crippen LogP) is 3.36. The molecule has 1 fully saturated rings. The van der Waals surface area contributed by atoms with E-state index in [1.807, 2.05) is 0 Å². The Kier molecular flexibility index (Phi) is 5.27. The molecule has 0 saturated carbocycles. The van der Waals surface area contributed by atoms with Gasteiger partial charge in [0.25, 0.3) is 5.91 Å². The van der Waals surface area contributed by atoms with Crippen LogP contribution >= 0.6 is 11.8 Å². The average Bonchev–Trinajstić information content (AvgIpc) is 2.88. The Balaban J connectivity index is 1.75. The zero-order valence-corrected chi connectivity index (χ0v) is 14.8. The molecule has 7 nitrogen and oxygen atoms in total. The van der Waals surface area contributed by atoms with Crippen molar-refractivity contribution in [3.63, 3.8) is 0 Å². The fourth-order valence-electron chi connectivity index (χ4n) is 2.63. The number of alkyl halides is 3. The van der Waals surface area contributed by atoms with E-state index in [4.69, 9.17) is 5.11 Å². The standard InChI is InChI=1S/C17H12F3N3O4S/c18-17(19,20)28-12-3-1-11(2-4-12)23-14(24)9-22(16(23)27)8-10-5-6-21-13(7-10)15(25)26/h1-7H,8-9H2,(H,25,26). The number of rotatable bonds is 5. The SMILES string of the molecule is O=C(O)c1cc(CN2CC(=O)N(c3ccc(SC(F)(F)F)cc3)C2=O)ccn1. The molecule has 3 amide bonds. The van der Waals surface area contributed by atoms with E-state index in [1.54, 1.807) is 0 Å². The summed E-state index contributed by atoms with van der Waals surface area (Å²) in [5.74, 6) is -1.75. The van der Waals surface area contributed by atoms with Gasteiger partial charge in [0.15, 0.2) is 0 Å². The van der Waals surface area contributed by atoms with Gasteiger partial charge < -0.3 is 10.0 Å². The topological polar surface area (TPSA) is 90.8 Å². The highest BCUT2D eigenvalue weighted by molar-refractivity contribution is 8.00. The number of urea groups is 1. The first kappa shape index (κ1) is 19.7. The third-order valence-electron chi connectivity index (χ3n) is 3.78. The lowest BCUT2D eigenvalue weighted by Gasteiger charge is -2.17. The second kappa shape index (κ2) is 7.50. The quantitative estimate of drug-likeness (QED) is 0.599. The van der Waals surface area contributed by atoms with Crippen LogP contribution in [0.3, 0.4) is 0 Å². The number of pyridine rings is 1. The first-order valence-corrected chi connectivity index (χ1v) is 8.61. The summed E-state index contributed by atoms with van der Waals surface area (Å²) in [5.41, 5.74) is -3.99. The van der Waals surface area contributed by atoms with Crippen LogP contribution in [-0.2, 0) is 11.3 Å². The van der Waals surface area contributed by atoms with Gasteiger partial charge in [0.1, 0.15) is 12.2 Å². The summed E-state index contributed by atoms with van der Waals surface area (Å²) in [4.78, 5) is 41.5. The van der Waals surface area contributed by atoms with Crippen molar-refractivity contribution in [3.8, 4) is 0 Å². The van der Waals surface area contributed by atoms with E-state index >= 15 is 0 Å². The van der Waals surface area contributed by atoms with Crippen molar-refractivity contribution in [3.05, 3.63) is 53.9 Å². The lowest BCUT2D eigenvalue weighted by molar-refractivity contribution is -0.116. The Labute approximate surface area is 160 Å². The molecule has 1 N–H and O–H groups in total. The van der Waals surface area contributed by atoms with E-state index < -0.39 is 23.4 Å². The molecule has 0 unspecified atom stereocenters. The Hall–Kier alpha value is -3.08. The van der Waals surface area contributed by atoms with E-state index in [0.717, 1.165) is 4.90 Å². The van der Waals surface area contributed by atoms with Crippen LogP contribution in [0.1, 0.15) is 16.1 Å². The number of carboxylic acids is 1. The van der Waals surface area contributed by atoms with Crippen LogP contribution in [0.15, 0.2) is 47.5 Å².